The number of nitrogens with two attached hydrogens (primary N) is 2. The Morgan fingerprint density at radius 1 is 1.59 bits per heavy atom. The molecular formula is C10H13F2N3O2. The van der Waals surface area contributed by atoms with E-state index in [9.17, 15) is 13.6 Å². The van der Waals surface area contributed by atoms with Gasteiger partial charge in [0.2, 0.25) is 0 Å². The summed E-state index contributed by atoms with van der Waals surface area (Å²) in [4.78, 5) is 14.9. The van der Waals surface area contributed by atoms with Crippen LogP contribution in [-0.2, 0) is 22.5 Å². The van der Waals surface area contributed by atoms with E-state index in [2.05, 4.69) is 9.72 Å². The lowest BCUT2D eigenvalue weighted by Gasteiger charge is -2.12. The number of ether oxygens (including phenoxy) is 1. The van der Waals surface area contributed by atoms with Crippen LogP contribution in [0.5, 0.6) is 0 Å². The molecule has 5 nitrogen and oxygen atoms in total. The van der Waals surface area contributed by atoms with Gasteiger partial charge in [-0.3, -0.25) is 4.79 Å². The average Bonchev–Trinajstić information content (AvgIpc) is 2.28. The first-order valence-electron chi connectivity index (χ1n) is 4.82. The maximum absolute atomic E-state index is 12.7. The van der Waals surface area contributed by atoms with Crippen LogP contribution in [0.4, 0.5) is 14.6 Å². The Kier molecular flexibility index (Phi) is 4.33. The fourth-order valence-electron chi connectivity index (χ4n) is 1.45. The molecule has 1 aromatic rings. The summed E-state index contributed by atoms with van der Waals surface area (Å²) in [7, 11) is 1.20. The van der Waals surface area contributed by atoms with Crippen LogP contribution in [0.1, 0.15) is 23.2 Å². The SMILES string of the molecule is COC(=O)Cc1nc(N)cc(C(F)F)c1CN. The molecule has 7 heteroatoms. The number of anilines is 1. The molecule has 0 radical (unpaired) electrons. The first-order chi connectivity index (χ1) is 7.99. The van der Waals surface area contributed by atoms with Crippen LogP contribution in [0.15, 0.2) is 6.07 Å². The molecule has 0 aliphatic heterocycles. The summed E-state index contributed by atoms with van der Waals surface area (Å²) in [5.74, 6) is -0.658. The molecule has 4 N–H and O–H groups in total. The molecular weight excluding hydrogens is 232 g/mol. The van der Waals surface area contributed by atoms with Crippen molar-refractivity contribution in [3.8, 4) is 0 Å². The molecule has 0 fully saturated rings. The largest absolute Gasteiger partial charge is 0.469 e. The van der Waals surface area contributed by atoms with Gasteiger partial charge >= 0.3 is 5.97 Å². The van der Waals surface area contributed by atoms with Gasteiger partial charge in [-0.05, 0) is 11.6 Å². The number of alkyl halides is 2. The zero-order chi connectivity index (χ0) is 13.0. The number of nitrogen functional groups attached to an aromatic ring is 1. The summed E-state index contributed by atoms with van der Waals surface area (Å²) in [6, 6.07) is 1.06. The van der Waals surface area contributed by atoms with Crippen LogP contribution in [0, 0.1) is 0 Å². The zero-order valence-corrected chi connectivity index (χ0v) is 9.24. The zero-order valence-electron chi connectivity index (χ0n) is 9.24. The Balaban J connectivity index is 3.23. The summed E-state index contributed by atoms with van der Waals surface area (Å²) in [6.07, 6.45) is -2.94. The topological polar surface area (TPSA) is 91.2 Å². The second-order valence-electron chi connectivity index (χ2n) is 3.32. The maximum Gasteiger partial charge on any atom is 0.311 e. The molecule has 0 saturated heterocycles. The number of hydrogen-bond acceptors (Lipinski definition) is 5. The first kappa shape index (κ1) is 13.3. The molecule has 0 spiro atoms. The fraction of sp³-hybridized carbons (Fsp3) is 0.400. The van der Waals surface area contributed by atoms with E-state index in [1.165, 1.54) is 7.11 Å². The van der Waals surface area contributed by atoms with Crippen molar-refractivity contribution >= 4 is 11.8 Å². The minimum absolute atomic E-state index is 0.0728. The Morgan fingerprint density at radius 2 is 2.24 bits per heavy atom. The first-order valence-corrected chi connectivity index (χ1v) is 4.82. The second-order valence-corrected chi connectivity index (χ2v) is 3.32. The van der Waals surface area contributed by atoms with Crippen molar-refractivity contribution in [1.82, 2.24) is 4.98 Å². The van der Waals surface area contributed by atoms with Gasteiger partial charge < -0.3 is 16.2 Å². The Labute approximate surface area is 96.8 Å². The monoisotopic (exact) mass is 245 g/mol. The van der Waals surface area contributed by atoms with Gasteiger partial charge in [-0.15, -0.1) is 0 Å². The van der Waals surface area contributed by atoms with Crippen molar-refractivity contribution in [2.45, 2.75) is 19.4 Å². The minimum Gasteiger partial charge on any atom is -0.469 e. The molecule has 1 aromatic heterocycles. The fourth-order valence-corrected chi connectivity index (χ4v) is 1.45. The van der Waals surface area contributed by atoms with E-state index < -0.39 is 12.4 Å². The summed E-state index contributed by atoms with van der Waals surface area (Å²) in [5.41, 5.74) is 10.8. The van der Waals surface area contributed by atoms with E-state index in [0.29, 0.717) is 0 Å². The molecule has 94 valence electrons. The third-order valence-corrected chi connectivity index (χ3v) is 2.24. The molecule has 1 rings (SSSR count). The third kappa shape index (κ3) is 3.10. The van der Waals surface area contributed by atoms with Crippen molar-refractivity contribution in [2.24, 2.45) is 5.73 Å². The Hall–Kier alpha value is -1.76. The third-order valence-electron chi connectivity index (χ3n) is 2.24. The van der Waals surface area contributed by atoms with Gasteiger partial charge in [0.05, 0.1) is 19.2 Å². The van der Waals surface area contributed by atoms with Gasteiger partial charge in [-0.25, -0.2) is 13.8 Å². The number of pyridine rings is 1. The predicted molar refractivity (Wildman–Crippen MR) is 57.2 cm³/mol. The molecule has 17 heavy (non-hydrogen) atoms. The highest BCUT2D eigenvalue weighted by Crippen LogP contribution is 2.26. The summed E-state index contributed by atoms with van der Waals surface area (Å²) < 4.78 is 29.9. The number of halogens is 2. The Bertz CT molecular complexity index is 424. The standard InChI is InChI=1S/C10H13F2N3O2/c1-17-9(16)3-7-6(4-13)5(10(11)12)2-8(14)15-7/h2,10H,3-4,13H2,1H3,(H2,14,15). The number of carbonyl (C=O) groups is 1. The maximum atomic E-state index is 12.7. The molecule has 1 heterocycles. The highest BCUT2D eigenvalue weighted by molar-refractivity contribution is 5.72. The second kappa shape index (κ2) is 5.53. The number of carbonyl (C=O) groups excluding carboxylic acids is 1. The molecule has 0 aliphatic carbocycles. The molecule has 0 aliphatic rings. The van der Waals surface area contributed by atoms with Crippen LogP contribution in [0.3, 0.4) is 0 Å². The van der Waals surface area contributed by atoms with Crippen LogP contribution in [0.2, 0.25) is 0 Å². The van der Waals surface area contributed by atoms with Crippen molar-refractivity contribution in [2.75, 3.05) is 12.8 Å². The van der Waals surface area contributed by atoms with Gasteiger partial charge in [-0.1, -0.05) is 0 Å². The van der Waals surface area contributed by atoms with Gasteiger partial charge in [0.25, 0.3) is 6.43 Å². The van der Waals surface area contributed by atoms with Crippen molar-refractivity contribution in [3.05, 3.63) is 22.9 Å². The minimum atomic E-state index is -2.71. The molecule has 0 unspecified atom stereocenters. The molecule has 0 aromatic carbocycles. The number of aromatic nitrogens is 1. The van der Waals surface area contributed by atoms with Gasteiger partial charge in [0.15, 0.2) is 0 Å². The lowest BCUT2D eigenvalue weighted by molar-refractivity contribution is -0.139. The summed E-state index contributed by atoms with van der Waals surface area (Å²) in [5, 5.41) is 0. The van der Waals surface area contributed by atoms with Crippen LogP contribution in [-0.4, -0.2) is 18.1 Å². The van der Waals surface area contributed by atoms with Crippen molar-refractivity contribution in [3.63, 3.8) is 0 Å². The highest BCUT2D eigenvalue weighted by Gasteiger charge is 2.19. The van der Waals surface area contributed by atoms with Gasteiger partial charge in [0, 0.05) is 12.1 Å². The smallest absolute Gasteiger partial charge is 0.311 e. The predicted octanol–water partition coefficient (Wildman–Crippen LogP) is 0.776. The highest BCUT2D eigenvalue weighted by atomic mass is 19.3. The van der Waals surface area contributed by atoms with Crippen LogP contribution in [0.25, 0.3) is 0 Å². The van der Waals surface area contributed by atoms with Crippen molar-refractivity contribution in [1.29, 1.82) is 0 Å². The van der Waals surface area contributed by atoms with Gasteiger partial charge in [-0.2, -0.15) is 0 Å². The number of methoxy groups -OCH3 is 1. The van der Waals surface area contributed by atoms with Crippen molar-refractivity contribution < 1.29 is 18.3 Å². The van der Waals surface area contributed by atoms with E-state index in [4.69, 9.17) is 11.5 Å². The van der Waals surface area contributed by atoms with Crippen LogP contribution >= 0.6 is 0 Å². The lowest BCUT2D eigenvalue weighted by atomic mass is 10.0. The van der Waals surface area contributed by atoms with E-state index in [0.717, 1.165) is 6.07 Å². The average molecular weight is 245 g/mol. The number of esters is 1. The summed E-state index contributed by atoms with van der Waals surface area (Å²) >= 11 is 0. The van der Waals surface area contributed by atoms with Gasteiger partial charge in [0.1, 0.15) is 5.82 Å². The van der Waals surface area contributed by atoms with E-state index in [-0.39, 0.29) is 35.6 Å². The quantitative estimate of drug-likeness (QED) is 0.765. The van der Waals surface area contributed by atoms with E-state index in [1.807, 2.05) is 0 Å². The van der Waals surface area contributed by atoms with E-state index in [1.54, 1.807) is 0 Å². The Morgan fingerprint density at radius 3 is 2.71 bits per heavy atom. The molecule has 0 amide bonds. The number of nitrogens with zero attached hydrogens (tertiary/aromatic N) is 1. The van der Waals surface area contributed by atoms with E-state index >= 15 is 0 Å². The normalized spacial score (nSPS) is 10.6. The summed E-state index contributed by atoms with van der Waals surface area (Å²) in [6.45, 7) is -0.140. The number of hydrogen-bond donors (Lipinski definition) is 2. The number of rotatable bonds is 4. The van der Waals surface area contributed by atoms with Crippen LogP contribution < -0.4 is 11.5 Å². The molecule has 0 bridgehead atoms. The lowest BCUT2D eigenvalue weighted by Crippen LogP contribution is -2.14. The molecule has 0 atom stereocenters. The molecule has 0 saturated carbocycles.